The SMILES string of the molecule is C[Si](C)(C)c1ccc(-c2cnc(-c3ccccc3)cc2C2CCCCC2)cc1. The van der Waals surface area contributed by atoms with E-state index in [0.717, 1.165) is 5.69 Å². The summed E-state index contributed by atoms with van der Waals surface area (Å²) in [6.45, 7) is 7.23. The van der Waals surface area contributed by atoms with Crippen LogP contribution in [0.5, 0.6) is 0 Å². The van der Waals surface area contributed by atoms with Crippen LogP contribution in [0.25, 0.3) is 22.4 Å². The molecule has 2 heteroatoms. The van der Waals surface area contributed by atoms with Gasteiger partial charge in [-0.2, -0.15) is 0 Å². The fourth-order valence-corrected chi connectivity index (χ4v) is 5.55. The Morgan fingerprint density at radius 1 is 0.786 bits per heavy atom. The first-order valence-corrected chi connectivity index (χ1v) is 14.2. The first-order valence-electron chi connectivity index (χ1n) is 10.7. The summed E-state index contributed by atoms with van der Waals surface area (Å²) < 4.78 is 0. The molecule has 0 unspecified atom stereocenters. The second-order valence-electron chi connectivity index (χ2n) is 9.19. The Hall–Kier alpha value is -2.19. The van der Waals surface area contributed by atoms with Crippen LogP contribution < -0.4 is 5.19 Å². The Morgan fingerprint density at radius 2 is 1.46 bits per heavy atom. The van der Waals surface area contributed by atoms with Crippen LogP contribution in [0.4, 0.5) is 0 Å². The van der Waals surface area contributed by atoms with E-state index in [1.165, 1.54) is 59.5 Å². The van der Waals surface area contributed by atoms with Crippen LogP contribution in [0.2, 0.25) is 19.6 Å². The quantitative estimate of drug-likeness (QED) is 0.440. The van der Waals surface area contributed by atoms with Gasteiger partial charge in [-0.1, -0.05) is 98.7 Å². The van der Waals surface area contributed by atoms with E-state index in [-0.39, 0.29) is 0 Å². The normalized spacial score (nSPS) is 15.5. The molecule has 1 saturated carbocycles. The lowest BCUT2D eigenvalue weighted by Crippen LogP contribution is -2.37. The molecule has 0 bridgehead atoms. The van der Waals surface area contributed by atoms with Crippen molar-refractivity contribution < 1.29 is 0 Å². The van der Waals surface area contributed by atoms with Crippen molar-refractivity contribution in [3.63, 3.8) is 0 Å². The van der Waals surface area contributed by atoms with Crippen molar-refractivity contribution in [2.45, 2.75) is 57.7 Å². The van der Waals surface area contributed by atoms with E-state index in [4.69, 9.17) is 4.98 Å². The van der Waals surface area contributed by atoms with Gasteiger partial charge in [0, 0.05) is 17.3 Å². The Kier molecular flexibility index (Phi) is 5.50. The maximum absolute atomic E-state index is 4.86. The van der Waals surface area contributed by atoms with E-state index in [9.17, 15) is 0 Å². The maximum atomic E-state index is 4.86. The van der Waals surface area contributed by atoms with E-state index in [1.54, 1.807) is 0 Å². The van der Waals surface area contributed by atoms with Gasteiger partial charge in [0.25, 0.3) is 0 Å². The van der Waals surface area contributed by atoms with Gasteiger partial charge >= 0.3 is 0 Å². The first kappa shape index (κ1) is 19.1. The summed E-state index contributed by atoms with van der Waals surface area (Å²) in [5, 5.41) is 1.52. The average Bonchev–Trinajstić information content (AvgIpc) is 2.74. The highest BCUT2D eigenvalue weighted by atomic mass is 28.3. The number of benzene rings is 2. The number of rotatable bonds is 4. The van der Waals surface area contributed by atoms with Crippen LogP contribution >= 0.6 is 0 Å². The van der Waals surface area contributed by atoms with Crippen LogP contribution in [0.15, 0.2) is 66.9 Å². The number of aromatic nitrogens is 1. The van der Waals surface area contributed by atoms with Crippen molar-refractivity contribution in [2.75, 3.05) is 0 Å². The highest BCUT2D eigenvalue weighted by Crippen LogP contribution is 2.39. The average molecular weight is 386 g/mol. The minimum Gasteiger partial charge on any atom is -0.256 e. The lowest BCUT2D eigenvalue weighted by Gasteiger charge is -2.25. The summed E-state index contributed by atoms with van der Waals surface area (Å²) in [4.78, 5) is 4.86. The largest absolute Gasteiger partial charge is 0.256 e. The van der Waals surface area contributed by atoms with Crippen LogP contribution in [-0.4, -0.2) is 13.1 Å². The van der Waals surface area contributed by atoms with Crippen LogP contribution in [0, 0.1) is 0 Å². The lowest BCUT2D eigenvalue weighted by atomic mass is 9.81. The van der Waals surface area contributed by atoms with Crippen molar-refractivity contribution >= 4 is 13.3 Å². The third-order valence-corrected chi connectivity index (χ3v) is 8.18. The number of nitrogens with zero attached hydrogens (tertiary/aromatic N) is 1. The van der Waals surface area contributed by atoms with Crippen molar-refractivity contribution in [1.29, 1.82) is 0 Å². The predicted octanol–water partition coefficient (Wildman–Crippen LogP) is 7.01. The Morgan fingerprint density at radius 3 is 2.11 bits per heavy atom. The van der Waals surface area contributed by atoms with Gasteiger partial charge in [-0.05, 0) is 36.0 Å². The lowest BCUT2D eigenvalue weighted by molar-refractivity contribution is 0.444. The molecule has 0 saturated heterocycles. The van der Waals surface area contributed by atoms with E-state index < -0.39 is 8.07 Å². The molecule has 1 nitrogen and oxygen atoms in total. The Balaban J connectivity index is 1.77. The van der Waals surface area contributed by atoms with E-state index in [0.29, 0.717) is 5.92 Å². The summed E-state index contributed by atoms with van der Waals surface area (Å²) in [5.74, 6) is 0.658. The molecule has 28 heavy (non-hydrogen) atoms. The molecule has 3 aromatic rings. The highest BCUT2D eigenvalue weighted by Gasteiger charge is 2.21. The molecular weight excluding hydrogens is 354 g/mol. The van der Waals surface area contributed by atoms with E-state index >= 15 is 0 Å². The van der Waals surface area contributed by atoms with Crippen LogP contribution in [0.3, 0.4) is 0 Å². The monoisotopic (exact) mass is 385 g/mol. The minimum atomic E-state index is -1.27. The molecule has 2 aromatic carbocycles. The van der Waals surface area contributed by atoms with Gasteiger partial charge in [0.1, 0.15) is 0 Å². The maximum Gasteiger partial charge on any atom is 0.0775 e. The molecule has 0 radical (unpaired) electrons. The summed E-state index contributed by atoms with van der Waals surface area (Å²) in [6, 6.07) is 22.3. The Bertz CT molecular complexity index is 917. The molecule has 1 heterocycles. The standard InChI is InChI=1S/C26H31NSi/c1-28(2,3)23-16-14-21(15-17-23)25-19-27-26(22-12-8-5-9-13-22)18-24(25)20-10-6-4-7-11-20/h5,8-9,12-20H,4,6-7,10-11H2,1-3H3. The fourth-order valence-electron chi connectivity index (χ4n) is 4.38. The van der Waals surface area contributed by atoms with E-state index in [2.05, 4.69) is 86.5 Å². The second kappa shape index (κ2) is 8.04. The van der Waals surface area contributed by atoms with Crippen molar-refractivity contribution in [1.82, 2.24) is 4.98 Å². The van der Waals surface area contributed by atoms with Gasteiger partial charge < -0.3 is 0 Å². The molecule has 144 valence electrons. The minimum absolute atomic E-state index is 0.658. The molecule has 0 aliphatic heterocycles. The van der Waals surface area contributed by atoms with Gasteiger partial charge in [-0.15, -0.1) is 0 Å². The summed E-state index contributed by atoms with van der Waals surface area (Å²) in [6.07, 6.45) is 8.81. The molecule has 4 rings (SSSR count). The molecule has 1 aliphatic carbocycles. The Labute approximate surface area is 170 Å². The molecule has 0 N–H and O–H groups in total. The van der Waals surface area contributed by atoms with Gasteiger partial charge in [-0.25, -0.2) is 0 Å². The zero-order valence-electron chi connectivity index (χ0n) is 17.4. The molecule has 0 spiro atoms. The van der Waals surface area contributed by atoms with Crippen LogP contribution in [0.1, 0.15) is 43.6 Å². The first-order chi connectivity index (χ1) is 13.5. The topological polar surface area (TPSA) is 12.9 Å². The third kappa shape index (κ3) is 4.12. The van der Waals surface area contributed by atoms with Crippen LogP contribution in [-0.2, 0) is 0 Å². The van der Waals surface area contributed by atoms with Gasteiger partial charge in [0.2, 0.25) is 0 Å². The number of hydrogen-bond donors (Lipinski definition) is 0. The number of pyridine rings is 1. The molecular formula is C26H31NSi. The van der Waals surface area contributed by atoms with Gasteiger partial charge in [0.05, 0.1) is 13.8 Å². The van der Waals surface area contributed by atoms with Gasteiger partial charge in [0.15, 0.2) is 0 Å². The van der Waals surface area contributed by atoms with Crippen molar-refractivity contribution in [3.8, 4) is 22.4 Å². The predicted molar refractivity (Wildman–Crippen MR) is 124 cm³/mol. The molecule has 1 fully saturated rings. The molecule has 1 aliphatic rings. The number of hydrogen-bond acceptors (Lipinski definition) is 1. The van der Waals surface area contributed by atoms with Gasteiger partial charge in [-0.3, -0.25) is 4.98 Å². The second-order valence-corrected chi connectivity index (χ2v) is 14.3. The van der Waals surface area contributed by atoms with Crippen molar-refractivity contribution in [3.05, 3.63) is 72.4 Å². The van der Waals surface area contributed by atoms with E-state index in [1.807, 2.05) is 0 Å². The molecule has 0 amide bonds. The summed E-state index contributed by atoms with van der Waals surface area (Å²) >= 11 is 0. The smallest absolute Gasteiger partial charge is 0.0775 e. The van der Waals surface area contributed by atoms with Crippen molar-refractivity contribution in [2.24, 2.45) is 0 Å². The summed E-state index contributed by atoms with van der Waals surface area (Å²) in [7, 11) is -1.27. The third-order valence-electron chi connectivity index (χ3n) is 6.11. The molecule has 0 atom stereocenters. The highest BCUT2D eigenvalue weighted by molar-refractivity contribution is 6.88. The zero-order chi connectivity index (χ0) is 19.6. The zero-order valence-corrected chi connectivity index (χ0v) is 18.4. The molecule has 1 aromatic heterocycles. The summed E-state index contributed by atoms with van der Waals surface area (Å²) in [5.41, 5.74) is 6.45. The fraction of sp³-hybridized carbons (Fsp3) is 0.346.